The summed E-state index contributed by atoms with van der Waals surface area (Å²) in [6, 6.07) is 10.6. The number of hydrogen-bond acceptors (Lipinski definition) is 2. The first-order valence-electron chi connectivity index (χ1n) is 6.01. The number of halogens is 2. The first-order valence-corrected chi connectivity index (χ1v) is 6.82. The Kier molecular flexibility index (Phi) is 4.56. The Labute approximate surface area is 115 Å². The summed E-state index contributed by atoms with van der Waals surface area (Å²) in [6.07, 6.45) is 0.162. The third kappa shape index (κ3) is 3.55. The van der Waals surface area contributed by atoms with Gasteiger partial charge in [0.2, 0.25) is 0 Å². The summed E-state index contributed by atoms with van der Waals surface area (Å²) in [5.41, 5.74) is 0.826. The van der Waals surface area contributed by atoms with Gasteiger partial charge in [-0.3, -0.25) is 0 Å². The minimum atomic E-state index is -0.482. The maximum absolute atomic E-state index is 13.5. The van der Waals surface area contributed by atoms with Crippen molar-refractivity contribution in [3.05, 3.63) is 59.7 Å². The fraction of sp³-hybridized carbons (Fsp3) is 0.200. The third-order valence-corrected chi connectivity index (χ3v) is 3.81. The number of aliphatic hydroxyl groups excluding tert-OH is 1. The fourth-order valence-electron chi connectivity index (χ4n) is 1.68. The van der Waals surface area contributed by atoms with Crippen molar-refractivity contribution in [1.29, 1.82) is 0 Å². The minimum Gasteiger partial charge on any atom is -0.388 e. The van der Waals surface area contributed by atoms with Crippen molar-refractivity contribution < 1.29 is 13.9 Å². The molecule has 19 heavy (non-hydrogen) atoms. The number of benzene rings is 2. The molecule has 0 aliphatic carbocycles. The molecule has 1 N–H and O–H groups in total. The van der Waals surface area contributed by atoms with E-state index in [2.05, 4.69) is 0 Å². The van der Waals surface area contributed by atoms with Crippen LogP contribution < -0.4 is 0 Å². The van der Waals surface area contributed by atoms with Gasteiger partial charge in [0.25, 0.3) is 0 Å². The zero-order valence-corrected chi connectivity index (χ0v) is 11.3. The van der Waals surface area contributed by atoms with Gasteiger partial charge < -0.3 is 5.11 Å². The van der Waals surface area contributed by atoms with Crippen LogP contribution in [0.2, 0.25) is 0 Å². The predicted molar refractivity (Wildman–Crippen MR) is 72.2 cm³/mol. The van der Waals surface area contributed by atoms with Gasteiger partial charge in [0.05, 0.1) is 11.0 Å². The lowest BCUT2D eigenvalue weighted by Gasteiger charge is -2.09. The van der Waals surface area contributed by atoms with Crippen LogP contribution in [0.3, 0.4) is 0 Å². The Morgan fingerprint density at radius 2 is 1.79 bits per heavy atom. The molecule has 0 aliphatic rings. The van der Waals surface area contributed by atoms with Gasteiger partial charge in [0.1, 0.15) is 11.6 Å². The summed E-state index contributed by atoms with van der Waals surface area (Å²) in [7, 11) is 0. The lowest BCUT2D eigenvalue weighted by Crippen LogP contribution is -1.94. The fourth-order valence-corrected chi connectivity index (χ4v) is 2.54. The lowest BCUT2D eigenvalue weighted by molar-refractivity contribution is 0.173. The molecule has 0 saturated carbocycles. The van der Waals surface area contributed by atoms with Crippen LogP contribution in [0.5, 0.6) is 0 Å². The standard InChI is InChI=1S/C15H14F2OS/c1-2-14(18)10-3-6-12(7-4-10)19-15-9-11(16)5-8-13(15)17/h3-9,14,18H,2H2,1H3/t14-/m0/s1. The molecule has 0 saturated heterocycles. The maximum atomic E-state index is 13.5. The molecule has 0 spiro atoms. The monoisotopic (exact) mass is 280 g/mol. The predicted octanol–water partition coefficient (Wildman–Crippen LogP) is 4.56. The average molecular weight is 280 g/mol. The van der Waals surface area contributed by atoms with Crippen LogP contribution in [0, 0.1) is 11.6 Å². The van der Waals surface area contributed by atoms with Crippen LogP contribution in [0.25, 0.3) is 0 Å². The SMILES string of the molecule is CC[C@H](O)c1ccc(Sc2cc(F)ccc2F)cc1. The van der Waals surface area contributed by atoms with Gasteiger partial charge in [0.15, 0.2) is 0 Å². The normalized spacial score (nSPS) is 12.4. The molecule has 100 valence electrons. The molecule has 1 nitrogen and oxygen atoms in total. The second kappa shape index (κ2) is 6.17. The van der Waals surface area contributed by atoms with Crippen molar-refractivity contribution in [2.45, 2.75) is 29.2 Å². The summed E-state index contributed by atoms with van der Waals surface area (Å²) >= 11 is 1.16. The Hall–Kier alpha value is -1.39. The molecular weight excluding hydrogens is 266 g/mol. The first kappa shape index (κ1) is 14.0. The van der Waals surface area contributed by atoms with Gasteiger partial charge in [-0.15, -0.1) is 0 Å². The van der Waals surface area contributed by atoms with Crippen LogP contribution in [-0.2, 0) is 0 Å². The van der Waals surface area contributed by atoms with E-state index in [1.807, 2.05) is 6.92 Å². The van der Waals surface area contributed by atoms with Crippen LogP contribution in [0.1, 0.15) is 25.0 Å². The molecule has 0 heterocycles. The topological polar surface area (TPSA) is 20.2 Å². The van der Waals surface area contributed by atoms with Gasteiger partial charge in [-0.05, 0) is 42.3 Å². The van der Waals surface area contributed by atoms with Gasteiger partial charge in [-0.25, -0.2) is 8.78 Å². The van der Waals surface area contributed by atoms with Crippen LogP contribution in [0.15, 0.2) is 52.3 Å². The van der Waals surface area contributed by atoms with Crippen LogP contribution in [-0.4, -0.2) is 5.11 Å². The molecule has 0 unspecified atom stereocenters. The Balaban J connectivity index is 2.17. The van der Waals surface area contributed by atoms with Crippen LogP contribution >= 0.6 is 11.8 Å². The van der Waals surface area contributed by atoms with Crippen molar-refractivity contribution in [3.8, 4) is 0 Å². The van der Waals surface area contributed by atoms with E-state index in [0.29, 0.717) is 6.42 Å². The Morgan fingerprint density at radius 1 is 1.11 bits per heavy atom. The van der Waals surface area contributed by atoms with Crippen molar-refractivity contribution in [2.75, 3.05) is 0 Å². The van der Waals surface area contributed by atoms with Gasteiger partial charge in [0, 0.05) is 4.90 Å². The maximum Gasteiger partial charge on any atom is 0.137 e. The van der Waals surface area contributed by atoms with Crippen molar-refractivity contribution >= 4 is 11.8 Å². The summed E-state index contributed by atoms with van der Waals surface area (Å²) in [6.45, 7) is 1.90. The van der Waals surface area contributed by atoms with Crippen LogP contribution in [0.4, 0.5) is 8.78 Å². The molecule has 4 heteroatoms. The second-order valence-corrected chi connectivity index (χ2v) is 5.29. The van der Waals surface area contributed by atoms with Crippen molar-refractivity contribution in [3.63, 3.8) is 0 Å². The van der Waals surface area contributed by atoms with E-state index in [1.54, 1.807) is 24.3 Å². The van der Waals surface area contributed by atoms with E-state index in [4.69, 9.17) is 0 Å². The summed E-state index contributed by atoms with van der Waals surface area (Å²) in [4.78, 5) is 1.06. The molecule has 2 aromatic rings. The summed E-state index contributed by atoms with van der Waals surface area (Å²) in [5, 5.41) is 9.67. The first-order chi connectivity index (χ1) is 9.10. The quantitative estimate of drug-likeness (QED) is 0.886. The van der Waals surface area contributed by atoms with Gasteiger partial charge >= 0.3 is 0 Å². The smallest absolute Gasteiger partial charge is 0.137 e. The van der Waals surface area contributed by atoms with Gasteiger partial charge in [-0.2, -0.15) is 0 Å². The number of rotatable bonds is 4. The largest absolute Gasteiger partial charge is 0.388 e. The zero-order chi connectivity index (χ0) is 13.8. The highest BCUT2D eigenvalue weighted by molar-refractivity contribution is 7.99. The second-order valence-electron chi connectivity index (χ2n) is 4.17. The van der Waals surface area contributed by atoms with E-state index in [-0.39, 0.29) is 4.90 Å². The Morgan fingerprint density at radius 3 is 2.42 bits per heavy atom. The molecule has 1 atom stereocenters. The molecule has 2 aromatic carbocycles. The molecule has 0 bridgehead atoms. The van der Waals surface area contributed by atoms with E-state index >= 15 is 0 Å². The highest BCUT2D eigenvalue weighted by Gasteiger charge is 2.08. The van der Waals surface area contributed by atoms with Gasteiger partial charge in [-0.1, -0.05) is 30.8 Å². The highest BCUT2D eigenvalue weighted by Crippen LogP contribution is 2.31. The molecule has 0 radical (unpaired) electrons. The van der Waals surface area contributed by atoms with E-state index in [9.17, 15) is 13.9 Å². The molecule has 0 amide bonds. The minimum absolute atomic E-state index is 0.254. The summed E-state index contributed by atoms with van der Waals surface area (Å²) < 4.78 is 26.5. The van der Waals surface area contributed by atoms with Crippen molar-refractivity contribution in [1.82, 2.24) is 0 Å². The highest BCUT2D eigenvalue weighted by atomic mass is 32.2. The lowest BCUT2D eigenvalue weighted by atomic mass is 10.1. The van der Waals surface area contributed by atoms with E-state index in [0.717, 1.165) is 34.4 Å². The Bertz CT molecular complexity index is 555. The zero-order valence-electron chi connectivity index (χ0n) is 10.4. The van der Waals surface area contributed by atoms with E-state index < -0.39 is 17.7 Å². The summed E-state index contributed by atoms with van der Waals surface area (Å²) in [5.74, 6) is -0.897. The molecule has 0 aromatic heterocycles. The molecule has 0 fully saturated rings. The van der Waals surface area contributed by atoms with E-state index in [1.165, 1.54) is 6.07 Å². The number of hydrogen-bond donors (Lipinski definition) is 1. The number of aliphatic hydroxyl groups is 1. The molecule has 0 aliphatic heterocycles. The molecular formula is C15H14F2OS. The third-order valence-electron chi connectivity index (χ3n) is 2.77. The molecule has 2 rings (SSSR count). The average Bonchev–Trinajstić information content (AvgIpc) is 2.43. The van der Waals surface area contributed by atoms with Crippen molar-refractivity contribution in [2.24, 2.45) is 0 Å².